The van der Waals surface area contributed by atoms with E-state index in [0.717, 1.165) is 11.1 Å². The van der Waals surface area contributed by atoms with Gasteiger partial charge in [0.05, 0.1) is 5.57 Å². The number of benzene rings is 1. The number of fused-ring (bicyclic) bond motifs is 1. The highest BCUT2D eigenvalue weighted by Crippen LogP contribution is 2.29. The second-order valence-corrected chi connectivity index (χ2v) is 2.35. The zero-order valence-electron chi connectivity index (χ0n) is 5.66. The normalized spacial score (nSPS) is 12.9. The number of rotatable bonds is 1. The third kappa shape index (κ3) is 0.759. The van der Waals surface area contributed by atoms with Crippen molar-refractivity contribution >= 4 is 11.5 Å². The first-order valence-electron chi connectivity index (χ1n) is 3.26. The van der Waals surface area contributed by atoms with Crippen LogP contribution in [0.3, 0.4) is 0 Å². The monoisotopic (exact) mass is 145 g/mol. The molecule has 0 saturated carbocycles. The molecule has 0 spiro atoms. The molecule has 2 nitrogen and oxygen atoms in total. The Morgan fingerprint density at radius 2 is 2.09 bits per heavy atom. The van der Waals surface area contributed by atoms with Crippen molar-refractivity contribution in [3.8, 4) is 0 Å². The molecule has 0 aliphatic heterocycles. The second kappa shape index (κ2) is 1.95. The number of carboxylic acid groups (broad SMARTS) is 1. The van der Waals surface area contributed by atoms with Gasteiger partial charge in [-0.2, -0.15) is 0 Å². The molecule has 1 aliphatic carbocycles. The van der Waals surface area contributed by atoms with E-state index in [-0.39, 0.29) is 0 Å². The third-order valence-electron chi connectivity index (χ3n) is 1.67. The van der Waals surface area contributed by atoms with Gasteiger partial charge < -0.3 is 5.11 Å². The minimum atomic E-state index is -0.899. The van der Waals surface area contributed by atoms with Crippen LogP contribution >= 0.6 is 0 Å². The molecule has 1 radical (unpaired) electrons. The van der Waals surface area contributed by atoms with Crippen LogP contribution in [0.4, 0.5) is 0 Å². The van der Waals surface area contributed by atoms with Gasteiger partial charge in [0.25, 0.3) is 0 Å². The maximum Gasteiger partial charge on any atom is 0.336 e. The molecular formula is C9H5O2. The molecule has 0 atom stereocenters. The highest BCUT2D eigenvalue weighted by molar-refractivity contribution is 6.18. The molecule has 11 heavy (non-hydrogen) atoms. The van der Waals surface area contributed by atoms with Crippen molar-refractivity contribution in [1.29, 1.82) is 0 Å². The highest BCUT2D eigenvalue weighted by Gasteiger charge is 2.21. The van der Waals surface area contributed by atoms with Gasteiger partial charge in [-0.15, -0.1) is 0 Å². The van der Waals surface area contributed by atoms with E-state index >= 15 is 0 Å². The van der Waals surface area contributed by atoms with Crippen molar-refractivity contribution in [3.05, 3.63) is 41.5 Å². The topological polar surface area (TPSA) is 37.3 Å². The van der Waals surface area contributed by atoms with E-state index in [9.17, 15) is 4.79 Å². The maximum atomic E-state index is 10.4. The van der Waals surface area contributed by atoms with Crippen molar-refractivity contribution < 1.29 is 9.90 Å². The first kappa shape index (κ1) is 6.16. The SMILES string of the molecule is O=C(O)C1=[C]c2ccccc21. The zero-order valence-corrected chi connectivity index (χ0v) is 5.66. The van der Waals surface area contributed by atoms with Crippen LogP contribution in [0.15, 0.2) is 24.3 Å². The van der Waals surface area contributed by atoms with Crippen LogP contribution in [0, 0.1) is 6.08 Å². The Labute approximate surface area is 63.8 Å². The summed E-state index contributed by atoms with van der Waals surface area (Å²) in [4.78, 5) is 10.4. The Morgan fingerprint density at radius 1 is 1.36 bits per heavy atom. The molecule has 0 unspecified atom stereocenters. The first-order chi connectivity index (χ1) is 5.29. The van der Waals surface area contributed by atoms with Crippen LogP contribution in [0.25, 0.3) is 5.57 Å². The summed E-state index contributed by atoms with van der Waals surface area (Å²) in [6, 6.07) is 7.32. The van der Waals surface area contributed by atoms with Crippen molar-refractivity contribution in [2.75, 3.05) is 0 Å². The van der Waals surface area contributed by atoms with E-state index in [2.05, 4.69) is 6.08 Å². The van der Waals surface area contributed by atoms with E-state index in [1.54, 1.807) is 6.07 Å². The minimum Gasteiger partial charge on any atom is -0.478 e. The Kier molecular flexibility index (Phi) is 1.09. The zero-order chi connectivity index (χ0) is 7.84. The third-order valence-corrected chi connectivity index (χ3v) is 1.67. The minimum absolute atomic E-state index is 0.292. The Bertz CT molecular complexity index is 350. The fourth-order valence-corrected chi connectivity index (χ4v) is 1.12. The lowest BCUT2D eigenvalue weighted by Gasteiger charge is -2.14. The lowest BCUT2D eigenvalue weighted by atomic mass is 9.89. The molecule has 1 N–H and O–H groups in total. The van der Waals surface area contributed by atoms with Crippen LogP contribution in [-0.4, -0.2) is 11.1 Å². The predicted octanol–water partition coefficient (Wildman–Crippen LogP) is 1.32. The summed E-state index contributed by atoms with van der Waals surface area (Å²) >= 11 is 0. The Hall–Kier alpha value is -1.57. The lowest BCUT2D eigenvalue weighted by molar-refractivity contribution is -0.130. The van der Waals surface area contributed by atoms with E-state index in [0.29, 0.717) is 5.57 Å². The van der Waals surface area contributed by atoms with Gasteiger partial charge in [0.15, 0.2) is 0 Å². The standard InChI is InChI=1S/C9H5O2/c10-9(11)8-5-6-3-1-2-4-7(6)8/h1-4H,(H,10,11). The van der Waals surface area contributed by atoms with Gasteiger partial charge in [-0.25, -0.2) is 4.79 Å². The number of aliphatic carboxylic acids is 1. The molecular weight excluding hydrogens is 140 g/mol. The van der Waals surface area contributed by atoms with Crippen molar-refractivity contribution in [2.24, 2.45) is 0 Å². The van der Waals surface area contributed by atoms with Crippen LogP contribution in [0.2, 0.25) is 0 Å². The second-order valence-electron chi connectivity index (χ2n) is 2.35. The van der Waals surface area contributed by atoms with E-state index < -0.39 is 5.97 Å². The van der Waals surface area contributed by atoms with Gasteiger partial charge in [-0.3, -0.25) is 0 Å². The first-order valence-corrected chi connectivity index (χ1v) is 3.26. The molecule has 2 heteroatoms. The number of hydrogen-bond acceptors (Lipinski definition) is 1. The fraction of sp³-hybridized carbons (Fsp3) is 0. The summed E-state index contributed by atoms with van der Waals surface area (Å²) < 4.78 is 0. The molecule has 0 aromatic heterocycles. The van der Waals surface area contributed by atoms with Gasteiger partial charge in [-0.1, -0.05) is 24.3 Å². The number of hydrogen-bond donors (Lipinski definition) is 1. The molecule has 1 aromatic carbocycles. The summed E-state index contributed by atoms with van der Waals surface area (Å²) in [5.74, 6) is -0.899. The number of carboxylic acids is 1. The Balaban J connectivity index is 2.46. The van der Waals surface area contributed by atoms with Crippen molar-refractivity contribution in [3.63, 3.8) is 0 Å². The quantitative estimate of drug-likeness (QED) is 0.647. The summed E-state index contributed by atoms with van der Waals surface area (Å²) in [7, 11) is 0. The summed E-state index contributed by atoms with van der Waals surface area (Å²) in [5, 5.41) is 8.58. The summed E-state index contributed by atoms with van der Waals surface area (Å²) in [6.45, 7) is 0. The van der Waals surface area contributed by atoms with Crippen LogP contribution in [0.1, 0.15) is 11.1 Å². The fourth-order valence-electron chi connectivity index (χ4n) is 1.12. The molecule has 53 valence electrons. The molecule has 2 rings (SSSR count). The maximum absolute atomic E-state index is 10.4. The predicted molar refractivity (Wildman–Crippen MR) is 39.8 cm³/mol. The van der Waals surface area contributed by atoms with Crippen LogP contribution < -0.4 is 0 Å². The van der Waals surface area contributed by atoms with Crippen LogP contribution in [-0.2, 0) is 4.79 Å². The summed E-state index contributed by atoms with van der Waals surface area (Å²) in [6.07, 6.45) is 2.74. The molecule has 0 amide bonds. The average molecular weight is 145 g/mol. The molecule has 0 fully saturated rings. The molecule has 1 aromatic rings. The van der Waals surface area contributed by atoms with E-state index in [1.165, 1.54) is 0 Å². The Morgan fingerprint density at radius 3 is 2.73 bits per heavy atom. The largest absolute Gasteiger partial charge is 0.478 e. The van der Waals surface area contributed by atoms with Crippen molar-refractivity contribution in [2.45, 2.75) is 0 Å². The van der Waals surface area contributed by atoms with E-state index in [1.807, 2.05) is 18.2 Å². The highest BCUT2D eigenvalue weighted by atomic mass is 16.4. The molecule has 0 heterocycles. The molecule has 0 bridgehead atoms. The molecule has 1 aliphatic rings. The number of carbonyl (C=O) groups is 1. The van der Waals surface area contributed by atoms with E-state index in [4.69, 9.17) is 5.11 Å². The van der Waals surface area contributed by atoms with Gasteiger partial charge >= 0.3 is 5.97 Å². The summed E-state index contributed by atoms with van der Waals surface area (Å²) in [5.41, 5.74) is 1.98. The smallest absolute Gasteiger partial charge is 0.336 e. The lowest BCUT2D eigenvalue weighted by Crippen LogP contribution is -2.09. The van der Waals surface area contributed by atoms with Gasteiger partial charge in [-0.05, 0) is 11.1 Å². The van der Waals surface area contributed by atoms with Gasteiger partial charge in [0.2, 0.25) is 0 Å². The van der Waals surface area contributed by atoms with Gasteiger partial charge in [0.1, 0.15) is 0 Å². The van der Waals surface area contributed by atoms with Gasteiger partial charge in [0, 0.05) is 6.08 Å². The molecule has 0 saturated heterocycles. The van der Waals surface area contributed by atoms with Crippen molar-refractivity contribution in [1.82, 2.24) is 0 Å². The average Bonchev–Trinajstić information content (AvgIpc) is 1.90. The van der Waals surface area contributed by atoms with Crippen LogP contribution in [0.5, 0.6) is 0 Å².